The van der Waals surface area contributed by atoms with Gasteiger partial charge in [0.05, 0.1) is 35.8 Å². The van der Waals surface area contributed by atoms with Crippen molar-refractivity contribution < 1.29 is 38.3 Å². The van der Waals surface area contributed by atoms with Crippen molar-refractivity contribution >= 4 is 46.1 Å². The maximum absolute atomic E-state index is 14.0. The number of anilines is 1. The molecular weight excluding hydrogens is 582 g/mol. The molecule has 1 aliphatic rings. The third-order valence-electron chi connectivity index (χ3n) is 6.05. The predicted molar refractivity (Wildman–Crippen MR) is 156 cm³/mol. The molecule has 15 heteroatoms. The number of carbonyl (C=O) groups excluding carboxylic acids is 4. The van der Waals surface area contributed by atoms with E-state index in [1.165, 1.54) is 30.7 Å². The number of nitrogens with zero attached hydrogens (tertiary/aromatic N) is 2. The fourth-order valence-electron chi connectivity index (χ4n) is 4.38. The van der Waals surface area contributed by atoms with Gasteiger partial charge in [-0.05, 0) is 47.1 Å². The first-order chi connectivity index (χ1) is 20.2. The molecule has 0 bridgehead atoms. The maximum Gasteiger partial charge on any atom is 0.413 e. The molecule has 230 valence electrons. The van der Waals surface area contributed by atoms with Gasteiger partial charge >= 0.3 is 18.0 Å². The second kappa shape index (κ2) is 13.5. The molecule has 14 nitrogen and oxygen atoms in total. The summed E-state index contributed by atoms with van der Waals surface area (Å²) in [6.45, 7) is 9.92. The molecule has 43 heavy (non-hydrogen) atoms. The van der Waals surface area contributed by atoms with E-state index in [4.69, 9.17) is 14.2 Å². The number of benzene rings is 1. The van der Waals surface area contributed by atoms with Crippen LogP contribution < -0.4 is 16.0 Å². The highest BCUT2D eigenvalue weighted by molar-refractivity contribution is 7.13. The van der Waals surface area contributed by atoms with Crippen molar-refractivity contribution in [1.82, 2.24) is 15.6 Å². The number of hydrogen-bond donors (Lipinski definition) is 3. The van der Waals surface area contributed by atoms with Crippen molar-refractivity contribution in [2.75, 3.05) is 19.0 Å². The Morgan fingerprint density at radius 3 is 2.44 bits per heavy atom. The first kappa shape index (κ1) is 32.7. The lowest BCUT2D eigenvalue weighted by atomic mass is 9.79. The van der Waals surface area contributed by atoms with Gasteiger partial charge < -0.3 is 24.8 Å². The summed E-state index contributed by atoms with van der Waals surface area (Å²) < 4.78 is 15.4. The number of rotatable bonds is 9. The maximum atomic E-state index is 14.0. The predicted octanol–water partition coefficient (Wildman–Crippen LogP) is 4.23. The van der Waals surface area contributed by atoms with Crippen LogP contribution in [0.1, 0.15) is 64.8 Å². The smallest absolute Gasteiger partial charge is 0.413 e. The molecule has 0 saturated carbocycles. The summed E-state index contributed by atoms with van der Waals surface area (Å²) in [5.41, 5.74) is 0.168. The molecule has 2 amide bonds. The van der Waals surface area contributed by atoms with Gasteiger partial charge in [0.1, 0.15) is 5.60 Å². The van der Waals surface area contributed by atoms with Crippen molar-refractivity contribution in [1.29, 1.82) is 0 Å². The molecule has 0 spiro atoms. The van der Waals surface area contributed by atoms with Crippen LogP contribution in [0, 0.1) is 10.1 Å². The van der Waals surface area contributed by atoms with Crippen LogP contribution in [0.15, 0.2) is 52.2 Å². The Bertz CT molecular complexity index is 1510. The van der Waals surface area contributed by atoms with E-state index in [-0.39, 0.29) is 39.8 Å². The van der Waals surface area contributed by atoms with E-state index in [2.05, 4.69) is 20.9 Å². The summed E-state index contributed by atoms with van der Waals surface area (Å²) in [7, 11) is 1.18. The summed E-state index contributed by atoms with van der Waals surface area (Å²) in [6.07, 6.45) is -0.753. The van der Waals surface area contributed by atoms with E-state index < -0.39 is 46.4 Å². The SMILES string of the molecule is CCOC(=O)C(NC(=O)C1=C(C)NC(C)=C(C(=O)OC)C1c1cccc([N+](=O)[O-])c1)c1csc(NC(=O)OC(C)(C)C)n1. The number of non-ortho nitro benzene ring substituents is 1. The monoisotopic (exact) mass is 615 g/mol. The van der Waals surface area contributed by atoms with Crippen molar-refractivity contribution in [3.05, 3.63) is 73.6 Å². The molecule has 3 N–H and O–H groups in total. The fraction of sp³-hybridized carbons (Fsp3) is 0.393. The molecular formula is C28H33N5O9S. The van der Waals surface area contributed by atoms with E-state index in [0.29, 0.717) is 11.4 Å². The van der Waals surface area contributed by atoms with Gasteiger partial charge in [-0.3, -0.25) is 20.2 Å². The summed E-state index contributed by atoms with van der Waals surface area (Å²) >= 11 is 1.00. The largest absolute Gasteiger partial charge is 0.466 e. The zero-order chi connectivity index (χ0) is 32.1. The van der Waals surface area contributed by atoms with Gasteiger partial charge in [-0.2, -0.15) is 0 Å². The van der Waals surface area contributed by atoms with Crippen LogP contribution in [-0.2, 0) is 28.6 Å². The summed E-state index contributed by atoms with van der Waals surface area (Å²) in [4.78, 5) is 67.4. The average molecular weight is 616 g/mol. The Kier molecular flexibility index (Phi) is 10.2. The Hall–Kier alpha value is -4.79. The van der Waals surface area contributed by atoms with Crippen molar-refractivity contribution in [3.63, 3.8) is 0 Å². The minimum Gasteiger partial charge on any atom is -0.466 e. The summed E-state index contributed by atoms with van der Waals surface area (Å²) in [5, 5.41) is 21.2. The van der Waals surface area contributed by atoms with Crippen molar-refractivity contribution in [2.24, 2.45) is 0 Å². The zero-order valence-corrected chi connectivity index (χ0v) is 25.5. The Morgan fingerprint density at radius 2 is 1.84 bits per heavy atom. The number of esters is 2. The number of dihydropyridines is 1. The molecule has 0 radical (unpaired) electrons. The van der Waals surface area contributed by atoms with Crippen molar-refractivity contribution in [3.8, 4) is 0 Å². The summed E-state index contributed by atoms with van der Waals surface area (Å²) in [5.74, 6) is -3.43. The van der Waals surface area contributed by atoms with Crippen LogP contribution in [0.25, 0.3) is 0 Å². The highest BCUT2D eigenvalue weighted by atomic mass is 32.1. The standard InChI is InChI=1S/C28H33N5O9S/c1-8-41-25(36)22(18-13-43-26(30-18)32-27(37)42-28(4,5)6)31-23(34)19-14(2)29-15(3)20(24(35)40-7)21(19)16-10-9-11-17(12-16)33(38)39/h9-13,21-22,29H,8H2,1-7H3,(H,31,34)(H,30,32,37). The number of amides is 2. The van der Waals surface area contributed by atoms with Gasteiger partial charge in [0.2, 0.25) is 0 Å². The number of nitrogens with one attached hydrogen (secondary N) is 3. The first-order valence-electron chi connectivity index (χ1n) is 13.1. The Balaban J connectivity index is 2.03. The van der Waals surface area contributed by atoms with E-state index in [0.717, 1.165) is 11.3 Å². The number of methoxy groups -OCH3 is 1. The minimum atomic E-state index is -1.41. The van der Waals surface area contributed by atoms with Crippen LogP contribution in [-0.4, -0.2) is 53.2 Å². The number of allylic oxidation sites excluding steroid dienone is 2. The molecule has 0 fully saturated rings. The Morgan fingerprint density at radius 1 is 1.16 bits per heavy atom. The molecule has 0 aliphatic carbocycles. The lowest BCUT2D eigenvalue weighted by Crippen LogP contribution is -2.40. The highest BCUT2D eigenvalue weighted by Gasteiger charge is 2.39. The van der Waals surface area contributed by atoms with E-state index in [1.807, 2.05) is 0 Å². The molecule has 1 aliphatic heterocycles. The molecule has 1 aromatic carbocycles. The van der Waals surface area contributed by atoms with Crippen LogP contribution in [0.5, 0.6) is 0 Å². The average Bonchev–Trinajstić information content (AvgIpc) is 3.37. The number of aromatic nitrogens is 1. The molecule has 0 saturated heterocycles. The van der Waals surface area contributed by atoms with Gasteiger partial charge in [-0.1, -0.05) is 12.1 Å². The van der Waals surface area contributed by atoms with Crippen LogP contribution in [0.2, 0.25) is 0 Å². The normalized spacial score (nSPS) is 15.7. The number of nitro groups is 1. The van der Waals surface area contributed by atoms with E-state index in [9.17, 15) is 29.3 Å². The third kappa shape index (κ3) is 7.94. The van der Waals surface area contributed by atoms with Gasteiger partial charge in [-0.25, -0.2) is 19.4 Å². The second-order valence-electron chi connectivity index (χ2n) is 10.3. The highest BCUT2D eigenvalue weighted by Crippen LogP contribution is 2.40. The quantitative estimate of drug-likeness (QED) is 0.158. The molecule has 2 heterocycles. The Labute approximate surface area is 251 Å². The van der Waals surface area contributed by atoms with E-state index in [1.54, 1.807) is 47.6 Å². The second-order valence-corrected chi connectivity index (χ2v) is 11.2. The number of thiazole rings is 1. The first-order valence-corrected chi connectivity index (χ1v) is 14.0. The molecule has 2 unspecified atom stereocenters. The molecule has 2 aromatic rings. The lowest BCUT2D eigenvalue weighted by molar-refractivity contribution is -0.384. The third-order valence-corrected chi connectivity index (χ3v) is 6.82. The van der Waals surface area contributed by atoms with E-state index >= 15 is 0 Å². The van der Waals surface area contributed by atoms with Crippen LogP contribution >= 0.6 is 11.3 Å². The van der Waals surface area contributed by atoms with Gasteiger partial charge in [0.15, 0.2) is 11.2 Å². The number of hydrogen-bond acceptors (Lipinski definition) is 12. The number of ether oxygens (including phenoxy) is 3. The molecule has 1 aromatic heterocycles. The lowest BCUT2D eigenvalue weighted by Gasteiger charge is -2.31. The number of carbonyl (C=O) groups is 4. The van der Waals surface area contributed by atoms with Gasteiger partial charge in [-0.15, -0.1) is 11.3 Å². The minimum absolute atomic E-state index is 0.00631. The van der Waals surface area contributed by atoms with Crippen LogP contribution in [0.4, 0.5) is 15.6 Å². The summed E-state index contributed by atoms with van der Waals surface area (Å²) in [6, 6.07) is 4.15. The van der Waals surface area contributed by atoms with Gasteiger partial charge in [0, 0.05) is 34.5 Å². The van der Waals surface area contributed by atoms with Crippen LogP contribution in [0.3, 0.4) is 0 Å². The molecule has 3 rings (SSSR count). The number of nitro benzene ring substituents is 1. The fourth-order valence-corrected chi connectivity index (χ4v) is 5.10. The zero-order valence-electron chi connectivity index (χ0n) is 24.7. The topological polar surface area (TPSA) is 188 Å². The molecule has 2 atom stereocenters. The van der Waals surface area contributed by atoms with Gasteiger partial charge in [0.25, 0.3) is 11.6 Å². The van der Waals surface area contributed by atoms with Crippen molar-refractivity contribution in [2.45, 2.75) is 59.1 Å².